The Hall–Kier alpha value is -1.62. The van der Waals surface area contributed by atoms with Gasteiger partial charge in [-0.05, 0) is 17.9 Å². The maximum Gasteiger partial charge on any atom is 0.269 e. The molecule has 0 radical (unpaired) electrons. The number of phenols is 1. The Balaban J connectivity index is 2.52. The summed E-state index contributed by atoms with van der Waals surface area (Å²) < 4.78 is 0. The summed E-state index contributed by atoms with van der Waals surface area (Å²) in [7, 11) is 0. The molecule has 3 N–H and O–H groups in total. The maximum atomic E-state index is 10.8. The van der Waals surface area contributed by atoms with Gasteiger partial charge >= 0.3 is 0 Å². The van der Waals surface area contributed by atoms with Crippen molar-refractivity contribution >= 4 is 5.69 Å². The summed E-state index contributed by atoms with van der Waals surface area (Å²) in [5, 5.41) is 20.6. The number of rotatable bonds is 3. The molecule has 0 amide bonds. The van der Waals surface area contributed by atoms with Gasteiger partial charge in [-0.1, -0.05) is 13.8 Å². The van der Waals surface area contributed by atoms with Crippen molar-refractivity contribution in [2.45, 2.75) is 25.7 Å². The summed E-state index contributed by atoms with van der Waals surface area (Å²) >= 11 is 0. The van der Waals surface area contributed by atoms with E-state index in [2.05, 4.69) is 13.8 Å². The van der Waals surface area contributed by atoms with Crippen molar-refractivity contribution in [1.82, 2.24) is 0 Å². The highest BCUT2D eigenvalue weighted by atomic mass is 16.6. The van der Waals surface area contributed by atoms with Gasteiger partial charge in [0.25, 0.3) is 5.69 Å². The van der Waals surface area contributed by atoms with Gasteiger partial charge in [0.1, 0.15) is 5.75 Å². The van der Waals surface area contributed by atoms with E-state index in [1.165, 1.54) is 18.2 Å². The van der Waals surface area contributed by atoms with Crippen LogP contribution in [0, 0.1) is 15.5 Å². The van der Waals surface area contributed by atoms with Crippen LogP contribution in [0.5, 0.6) is 5.75 Å². The SMILES string of the molecule is CC1(C)CC1(CN)c1cc([N+](=O)[O-])ccc1O. The Morgan fingerprint density at radius 2 is 2.12 bits per heavy atom. The Labute approximate surface area is 99.4 Å². The molecule has 0 aromatic heterocycles. The summed E-state index contributed by atoms with van der Waals surface area (Å²) in [6.07, 6.45) is 0.839. The second-order valence-corrected chi connectivity index (χ2v) is 5.31. The van der Waals surface area contributed by atoms with Crippen molar-refractivity contribution in [1.29, 1.82) is 0 Å². The van der Waals surface area contributed by atoms with Crippen LogP contribution < -0.4 is 5.73 Å². The van der Waals surface area contributed by atoms with E-state index in [4.69, 9.17) is 5.73 Å². The molecule has 0 aliphatic heterocycles. The minimum atomic E-state index is -0.456. The zero-order valence-corrected chi connectivity index (χ0v) is 9.93. The van der Waals surface area contributed by atoms with Crippen molar-refractivity contribution in [2.75, 3.05) is 6.54 Å². The second kappa shape index (κ2) is 3.43. The molecule has 5 heteroatoms. The fourth-order valence-corrected chi connectivity index (χ4v) is 2.65. The quantitative estimate of drug-likeness (QED) is 0.619. The monoisotopic (exact) mass is 236 g/mol. The molecule has 1 unspecified atom stereocenters. The van der Waals surface area contributed by atoms with E-state index < -0.39 is 4.92 Å². The predicted octanol–water partition coefficient (Wildman–Crippen LogP) is 1.93. The average Bonchev–Trinajstić information content (AvgIpc) is 2.82. The van der Waals surface area contributed by atoms with Crippen molar-refractivity contribution in [2.24, 2.45) is 11.1 Å². The molecule has 1 aromatic rings. The van der Waals surface area contributed by atoms with E-state index in [1.54, 1.807) is 0 Å². The Bertz CT molecular complexity index is 485. The minimum absolute atomic E-state index is 0.00618. The van der Waals surface area contributed by atoms with Gasteiger partial charge < -0.3 is 10.8 Å². The lowest BCUT2D eigenvalue weighted by atomic mass is 9.87. The number of nitrogens with two attached hydrogens (primary N) is 1. The lowest BCUT2D eigenvalue weighted by Crippen LogP contribution is -2.25. The highest BCUT2D eigenvalue weighted by Gasteiger charge is 2.62. The predicted molar refractivity (Wildman–Crippen MR) is 63.9 cm³/mol. The summed E-state index contributed by atoms with van der Waals surface area (Å²) in [6.45, 7) is 4.49. The van der Waals surface area contributed by atoms with Crippen LogP contribution in [0.3, 0.4) is 0 Å². The minimum Gasteiger partial charge on any atom is -0.508 e. The van der Waals surface area contributed by atoms with E-state index in [0.717, 1.165) is 6.42 Å². The molecule has 1 fully saturated rings. The Morgan fingerprint density at radius 1 is 1.53 bits per heavy atom. The van der Waals surface area contributed by atoms with Crippen molar-refractivity contribution < 1.29 is 10.0 Å². The fraction of sp³-hybridized carbons (Fsp3) is 0.500. The lowest BCUT2D eigenvalue weighted by molar-refractivity contribution is -0.385. The zero-order valence-electron chi connectivity index (χ0n) is 9.93. The highest BCUT2D eigenvalue weighted by molar-refractivity contribution is 5.51. The lowest BCUT2D eigenvalue weighted by Gasteiger charge is -2.19. The number of benzene rings is 1. The van der Waals surface area contributed by atoms with Crippen LogP contribution in [0.4, 0.5) is 5.69 Å². The smallest absolute Gasteiger partial charge is 0.269 e. The van der Waals surface area contributed by atoms with Crippen LogP contribution >= 0.6 is 0 Å². The third kappa shape index (κ3) is 1.58. The van der Waals surface area contributed by atoms with Crippen molar-refractivity contribution in [3.8, 4) is 5.75 Å². The van der Waals surface area contributed by atoms with Crippen LogP contribution in [-0.4, -0.2) is 16.6 Å². The third-order valence-electron chi connectivity index (χ3n) is 3.97. The second-order valence-electron chi connectivity index (χ2n) is 5.31. The molecule has 1 aliphatic rings. The summed E-state index contributed by atoms with van der Waals surface area (Å²) in [4.78, 5) is 10.3. The van der Waals surface area contributed by atoms with Gasteiger partial charge in [-0.3, -0.25) is 10.1 Å². The third-order valence-corrected chi connectivity index (χ3v) is 3.97. The standard InChI is InChI=1S/C12H16N2O3/c1-11(2)6-12(11,7-13)9-5-8(14(16)17)3-4-10(9)15/h3-5,15H,6-7,13H2,1-2H3. The van der Waals surface area contributed by atoms with E-state index in [9.17, 15) is 15.2 Å². The van der Waals surface area contributed by atoms with E-state index >= 15 is 0 Å². The summed E-state index contributed by atoms with van der Waals surface area (Å²) in [6, 6.07) is 4.12. The van der Waals surface area contributed by atoms with Gasteiger partial charge in [0.2, 0.25) is 0 Å². The molecule has 0 spiro atoms. The first-order valence-electron chi connectivity index (χ1n) is 5.52. The molecule has 1 atom stereocenters. The van der Waals surface area contributed by atoms with Crippen LogP contribution in [0.2, 0.25) is 0 Å². The largest absolute Gasteiger partial charge is 0.508 e. The van der Waals surface area contributed by atoms with Crippen LogP contribution in [0.15, 0.2) is 18.2 Å². The van der Waals surface area contributed by atoms with E-state index in [-0.39, 0.29) is 22.3 Å². The zero-order chi connectivity index (χ0) is 12.8. The fourth-order valence-electron chi connectivity index (χ4n) is 2.65. The Morgan fingerprint density at radius 3 is 2.53 bits per heavy atom. The number of hydrogen-bond donors (Lipinski definition) is 2. The summed E-state index contributed by atoms with van der Waals surface area (Å²) in [5.41, 5.74) is 6.03. The number of nitrogens with zero attached hydrogens (tertiary/aromatic N) is 1. The van der Waals surface area contributed by atoms with Gasteiger partial charge in [-0.15, -0.1) is 0 Å². The maximum absolute atomic E-state index is 10.8. The normalized spacial score (nSPS) is 25.6. The molecule has 0 bridgehead atoms. The van der Waals surface area contributed by atoms with E-state index in [0.29, 0.717) is 12.1 Å². The molecule has 17 heavy (non-hydrogen) atoms. The van der Waals surface area contributed by atoms with Crippen LogP contribution in [0.25, 0.3) is 0 Å². The number of phenolic OH excluding ortho intramolecular Hbond substituents is 1. The first-order valence-corrected chi connectivity index (χ1v) is 5.52. The van der Waals surface area contributed by atoms with Crippen LogP contribution in [0.1, 0.15) is 25.8 Å². The van der Waals surface area contributed by atoms with Gasteiger partial charge in [0, 0.05) is 29.7 Å². The molecule has 1 saturated carbocycles. The number of hydrogen-bond acceptors (Lipinski definition) is 4. The molecule has 1 aliphatic carbocycles. The molecule has 5 nitrogen and oxygen atoms in total. The molecule has 92 valence electrons. The molecule has 2 rings (SSSR count). The molecule has 1 aromatic carbocycles. The first kappa shape index (κ1) is 11.9. The molecule has 0 saturated heterocycles. The number of nitro groups is 1. The first-order chi connectivity index (χ1) is 7.84. The van der Waals surface area contributed by atoms with Gasteiger partial charge in [0.15, 0.2) is 0 Å². The number of aromatic hydroxyl groups is 1. The van der Waals surface area contributed by atoms with Gasteiger partial charge in [-0.2, -0.15) is 0 Å². The topological polar surface area (TPSA) is 89.4 Å². The molecule has 0 heterocycles. The van der Waals surface area contributed by atoms with E-state index in [1.807, 2.05) is 0 Å². The number of nitro benzene ring substituents is 1. The van der Waals surface area contributed by atoms with Gasteiger partial charge in [-0.25, -0.2) is 0 Å². The number of non-ortho nitro benzene ring substituents is 1. The van der Waals surface area contributed by atoms with Crippen molar-refractivity contribution in [3.05, 3.63) is 33.9 Å². The Kier molecular flexibility index (Phi) is 2.39. The van der Waals surface area contributed by atoms with Crippen molar-refractivity contribution in [3.63, 3.8) is 0 Å². The van der Waals surface area contributed by atoms with Crippen LogP contribution in [-0.2, 0) is 5.41 Å². The highest BCUT2D eigenvalue weighted by Crippen LogP contribution is 2.65. The molecular formula is C12H16N2O3. The molecular weight excluding hydrogens is 220 g/mol. The summed E-state index contributed by atoms with van der Waals surface area (Å²) in [5.74, 6) is 0.0895. The van der Waals surface area contributed by atoms with Gasteiger partial charge in [0.05, 0.1) is 4.92 Å². The average molecular weight is 236 g/mol.